The third-order valence-corrected chi connectivity index (χ3v) is 5.14. The van der Waals surface area contributed by atoms with Gasteiger partial charge in [-0.05, 0) is 36.6 Å². The lowest BCUT2D eigenvalue weighted by atomic mass is 9.96. The van der Waals surface area contributed by atoms with E-state index in [9.17, 15) is 19.5 Å². The number of nitrogens with one attached hydrogen (secondary N) is 1. The number of benzene rings is 2. The average Bonchev–Trinajstić information content (AvgIpc) is 3.15. The van der Waals surface area contributed by atoms with Crippen molar-refractivity contribution in [1.82, 2.24) is 5.32 Å². The van der Waals surface area contributed by atoms with Crippen molar-refractivity contribution in [2.45, 2.75) is 20.3 Å². The maximum atomic E-state index is 12.5. The molecule has 0 saturated heterocycles. The molecule has 30 heavy (non-hydrogen) atoms. The van der Waals surface area contributed by atoms with Crippen LogP contribution in [0.2, 0.25) is 0 Å². The van der Waals surface area contributed by atoms with Crippen LogP contribution in [0.4, 0.5) is 0 Å². The highest BCUT2D eigenvalue weighted by Gasteiger charge is 2.21. The van der Waals surface area contributed by atoms with Gasteiger partial charge in [0.15, 0.2) is 0 Å². The Morgan fingerprint density at radius 3 is 2.53 bits per heavy atom. The first kappa shape index (κ1) is 19.4. The number of hydrogen-bond acceptors (Lipinski definition) is 6. The molecular formula is C23H18NO6-. The Bertz CT molecular complexity index is 1350. The molecule has 0 atom stereocenters. The Morgan fingerprint density at radius 1 is 1.10 bits per heavy atom. The highest BCUT2D eigenvalue weighted by Crippen LogP contribution is 2.38. The van der Waals surface area contributed by atoms with Gasteiger partial charge < -0.3 is 24.1 Å². The molecule has 4 rings (SSSR count). The lowest BCUT2D eigenvalue weighted by molar-refractivity contribution is -0.304. The van der Waals surface area contributed by atoms with Gasteiger partial charge >= 0.3 is 5.63 Å². The zero-order chi connectivity index (χ0) is 21.4. The fourth-order valence-electron chi connectivity index (χ4n) is 3.72. The number of furan rings is 1. The molecule has 0 fully saturated rings. The minimum atomic E-state index is -1.41. The number of carbonyl (C=O) groups is 2. The summed E-state index contributed by atoms with van der Waals surface area (Å²) in [7, 11) is 0. The number of aliphatic carboxylic acids is 1. The molecule has 2 heterocycles. The summed E-state index contributed by atoms with van der Waals surface area (Å²) in [6.07, 6.45) is 1.36. The van der Waals surface area contributed by atoms with Gasteiger partial charge in [-0.2, -0.15) is 0 Å². The van der Waals surface area contributed by atoms with Gasteiger partial charge in [-0.15, -0.1) is 0 Å². The SMILES string of the molecule is Cc1cc2oc(=O)c(CC(=O)NCC(=O)[O-])c(C)c2c2occ(-c3ccccc3)c12. The Morgan fingerprint density at radius 2 is 1.83 bits per heavy atom. The van der Waals surface area contributed by atoms with Gasteiger partial charge in [0, 0.05) is 10.9 Å². The van der Waals surface area contributed by atoms with E-state index in [4.69, 9.17) is 8.83 Å². The van der Waals surface area contributed by atoms with Crippen LogP contribution in [-0.4, -0.2) is 18.4 Å². The highest BCUT2D eigenvalue weighted by atomic mass is 16.4. The highest BCUT2D eigenvalue weighted by molar-refractivity contribution is 6.11. The van der Waals surface area contributed by atoms with Gasteiger partial charge in [0.05, 0.1) is 36.1 Å². The lowest BCUT2D eigenvalue weighted by Gasteiger charge is -2.10. The van der Waals surface area contributed by atoms with Gasteiger partial charge in [-0.3, -0.25) is 4.79 Å². The third-order valence-electron chi connectivity index (χ3n) is 5.14. The number of fused-ring (bicyclic) bond motifs is 3. The number of rotatable bonds is 5. The second kappa shape index (κ2) is 7.51. The predicted molar refractivity (Wildman–Crippen MR) is 109 cm³/mol. The Balaban J connectivity index is 1.89. The maximum absolute atomic E-state index is 12.5. The Hall–Kier alpha value is -3.87. The van der Waals surface area contributed by atoms with E-state index in [0.29, 0.717) is 22.1 Å². The smallest absolute Gasteiger partial charge is 0.340 e. The molecule has 4 aromatic rings. The summed E-state index contributed by atoms with van der Waals surface area (Å²) in [5.41, 5.74) is 3.82. The van der Waals surface area contributed by atoms with E-state index >= 15 is 0 Å². The first-order chi connectivity index (χ1) is 14.4. The molecule has 1 amide bonds. The molecule has 0 aliphatic rings. The summed E-state index contributed by atoms with van der Waals surface area (Å²) in [5.74, 6) is -2.02. The molecule has 0 saturated carbocycles. The van der Waals surface area contributed by atoms with Crippen molar-refractivity contribution in [3.05, 3.63) is 69.8 Å². The third kappa shape index (κ3) is 3.34. The Labute approximate surface area is 170 Å². The summed E-state index contributed by atoms with van der Waals surface area (Å²) in [4.78, 5) is 35.1. The van der Waals surface area contributed by atoms with Crippen LogP contribution >= 0.6 is 0 Å². The molecule has 2 aromatic carbocycles. The second-order valence-corrected chi connectivity index (χ2v) is 7.10. The molecule has 1 N–H and O–H groups in total. The topological polar surface area (TPSA) is 113 Å². The quantitative estimate of drug-likeness (QED) is 0.511. The average molecular weight is 404 g/mol. The largest absolute Gasteiger partial charge is 0.548 e. The molecular weight excluding hydrogens is 386 g/mol. The van der Waals surface area contributed by atoms with Crippen molar-refractivity contribution < 1.29 is 23.5 Å². The summed E-state index contributed by atoms with van der Waals surface area (Å²) >= 11 is 0. The molecule has 0 spiro atoms. The van der Waals surface area contributed by atoms with E-state index in [-0.39, 0.29) is 12.0 Å². The first-order valence-corrected chi connectivity index (χ1v) is 9.36. The van der Waals surface area contributed by atoms with E-state index < -0.39 is 24.0 Å². The number of carboxylic acid groups (broad SMARTS) is 1. The number of carboxylic acids is 1. The van der Waals surface area contributed by atoms with Crippen molar-refractivity contribution in [3.8, 4) is 11.1 Å². The van der Waals surface area contributed by atoms with Crippen LogP contribution in [0.1, 0.15) is 16.7 Å². The van der Waals surface area contributed by atoms with Crippen LogP contribution in [0.3, 0.4) is 0 Å². The molecule has 2 aromatic heterocycles. The Kier molecular flexibility index (Phi) is 4.87. The van der Waals surface area contributed by atoms with Crippen molar-refractivity contribution in [1.29, 1.82) is 0 Å². The van der Waals surface area contributed by atoms with Crippen molar-refractivity contribution in [2.75, 3.05) is 6.54 Å². The molecule has 0 unspecified atom stereocenters. The van der Waals surface area contributed by atoms with Gasteiger partial charge in [0.1, 0.15) is 11.2 Å². The lowest BCUT2D eigenvalue weighted by Crippen LogP contribution is -2.38. The molecule has 0 aliphatic heterocycles. The van der Waals surface area contributed by atoms with Crippen LogP contribution in [-0.2, 0) is 16.0 Å². The van der Waals surface area contributed by atoms with Gasteiger partial charge in [-0.1, -0.05) is 30.3 Å². The van der Waals surface area contributed by atoms with Gasteiger partial charge in [-0.25, -0.2) is 4.79 Å². The van der Waals surface area contributed by atoms with Gasteiger partial charge in [0.2, 0.25) is 5.91 Å². The monoisotopic (exact) mass is 404 g/mol. The minimum absolute atomic E-state index is 0.154. The number of amides is 1. The standard InChI is InChI=1S/C23H19NO6/c1-12-8-17-21(22-20(12)16(11-29-22)14-6-4-3-5-7-14)13(2)15(23(28)30-17)9-18(25)24-10-19(26)27/h3-8,11H,9-10H2,1-2H3,(H,24,25)(H,26,27)/p-1. The van der Waals surface area contributed by atoms with Crippen molar-refractivity contribution in [3.63, 3.8) is 0 Å². The first-order valence-electron chi connectivity index (χ1n) is 9.36. The molecule has 7 heteroatoms. The number of hydrogen-bond donors (Lipinski definition) is 1. The van der Waals surface area contributed by atoms with E-state index in [1.54, 1.807) is 19.3 Å². The molecule has 0 bridgehead atoms. The summed E-state index contributed by atoms with van der Waals surface area (Å²) in [6, 6.07) is 11.6. The van der Waals surface area contributed by atoms with Crippen LogP contribution < -0.4 is 16.0 Å². The molecule has 152 valence electrons. The fraction of sp³-hybridized carbons (Fsp3) is 0.174. The van der Waals surface area contributed by atoms with Gasteiger partial charge in [0.25, 0.3) is 0 Å². The van der Waals surface area contributed by atoms with E-state index in [2.05, 4.69) is 5.32 Å². The fourth-order valence-corrected chi connectivity index (χ4v) is 3.72. The minimum Gasteiger partial charge on any atom is -0.548 e. The van der Waals surface area contributed by atoms with Crippen molar-refractivity contribution >= 4 is 33.8 Å². The normalized spacial score (nSPS) is 11.1. The zero-order valence-electron chi connectivity index (χ0n) is 16.4. The van der Waals surface area contributed by atoms with Crippen LogP contribution in [0.15, 0.2) is 56.3 Å². The molecule has 0 radical (unpaired) electrons. The van der Waals surface area contributed by atoms with Crippen LogP contribution in [0.5, 0.6) is 0 Å². The maximum Gasteiger partial charge on any atom is 0.340 e. The number of carbonyl (C=O) groups excluding carboxylic acids is 2. The zero-order valence-corrected chi connectivity index (χ0v) is 16.4. The van der Waals surface area contributed by atoms with E-state index in [1.165, 1.54) is 0 Å². The molecule has 7 nitrogen and oxygen atoms in total. The predicted octanol–water partition coefficient (Wildman–Crippen LogP) is 2.23. The number of aryl methyl sites for hydroxylation is 2. The van der Waals surface area contributed by atoms with Crippen LogP contribution in [0.25, 0.3) is 33.1 Å². The summed E-state index contributed by atoms with van der Waals surface area (Å²) in [5, 5.41) is 14.3. The van der Waals surface area contributed by atoms with E-state index in [1.807, 2.05) is 37.3 Å². The second-order valence-electron chi connectivity index (χ2n) is 7.10. The van der Waals surface area contributed by atoms with Crippen LogP contribution in [0, 0.1) is 13.8 Å². The van der Waals surface area contributed by atoms with E-state index in [0.717, 1.165) is 22.1 Å². The molecule has 0 aliphatic carbocycles. The van der Waals surface area contributed by atoms with Crippen molar-refractivity contribution in [2.24, 2.45) is 0 Å². The summed E-state index contributed by atoms with van der Waals surface area (Å²) in [6.45, 7) is 3.01. The summed E-state index contributed by atoms with van der Waals surface area (Å²) < 4.78 is 11.4.